The summed E-state index contributed by atoms with van der Waals surface area (Å²) in [5, 5.41) is 6.78. The molecule has 1 unspecified atom stereocenters. The van der Waals surface area contributed by atoms with Gasteiger partial charge in [0, 0.05) is 25.6 Å². The third-order valence-corrected chi connectivity index (χ3v) is 4.27. The lowest BCUT2D eigenvalue weighted by atomic mass is 10.00. The van der Waals surface area contributed by atoms with Crippen molar-refractivity contribution in [3.8, 4) is 0 Å². The van der Waals surface area contributed by atoms with Gasteiger partial charge in [-0.2, -0.15) is 0 Å². The number of aliphatic imine (C=N–C) groups is 1. The van der Waals surface area contributed by atoms with E-state index >= 15 is 0 Å². The summed E-state index contributed by atoms with van der Waals surface area (Å²) in [6, 6.07) is 8.69. The van der Waals surface area contributed by atoms with Crippen LogP contribution in [0.25, 0.3) is 0 Å². The lowest BCUT2D eigenvalue weighted by Crippen LogP contribution is -2.38. The molecule has 25 heavy (non-hydrogen) atoms. The molecule has 0 bridgehead atoms. The van der Waals surface area contributed by atoms with Crippen molar-refractivity contribution in [2.45, 2.75) is 39.5 Å². The van der Waals surface area contributed by atoms with Gasteiger partial charge in [0.05, 0.1) is 13.2 Å². The van der Waals surface area contributed by atoms with Crippen LogP contribution in [-0.2, 0) is 4.74 Å². The molecule has 1 aromatic carbocycles. The minimum atomic E-state index is 0. The number of aryl methyl sites for hydroxylation is 1. The minimum absolute atomic E-state index is 0. The highest BCUT2D eigenvalue weighted by atomic mass is 127. The quantitative estimate of drug-likeness (QED) is 0.282. The van der Waals surface area contributed by atoms with Crippen LogP contribution in [0.5, 0.6) is 0 Å². The molecule has 0 saturated carbocycles. The van der Waals surface area contributed by atoms with Crippen LogP contribution in [0.1, 0.15) is 43.7 Å². The summed E-state index contributed by atoms with van der Waals surface area (Å²) >= 11 is 0. The predicted octanol–water partition coefficient (Wildman–Crippen LogP) is 4.01. The molecule has 1 aliphatic heterocycles. The molecule has 140 valence electrons. The molecule has 1 aliphatic rings. The fourth-order valence-corrected chi connectivity index (χ4v) is 2.79. The molecule has 2 rings (SSSR count). The summed E-state index contributed by atoms with van der Waals surface area (Å²) < 4.78 is 5.35. The molecule has 1 atom stereocenters. The number of rotatable bonds is 7. The van der Waals surface area contributed by atoms with Gasteiger partial charge in [0.25, 0.3) is 0 Å². The van der Waals surface area contributed by atoms with Crippen LogP contribution < -0.4 is 10.6 Å². The summed E-state index contributed by atoms with van der Waals surface area (Å²) in [4.78, 5) is 4.75. The van der Waals surface area contributed by atoms with E-state index in [0.29, 0.717) is 5.92 Å². The zero-order valence-electron chi connectivity index (χ0n) is 15.7. The first kappa shape index (κ1) is 22.0. The fourth-order valence-electron chi connectivity index (χ4n) is 2.79. The molecule has 0 spiro atoms. The second-order valence-electron chi connectivity index (χ2n) is 6.40. The van der Waals surface area contributed by atoms with Crippen LogP contribution in [0.15, 0.2) is 40.9 Å². The topological polar surface area (TPSA) is 45.7 Å². The molecule has 2 N–H and O–H groups in total. The van der Waals surface area contributed by atoms with Crippen LogP contribution >= 0.6 is 24.0 Å². The van der Waals surface area contributed by atoms with Crippen LogP contribution in [0.2, 0.25) is 0 Å². The van der Waals surface area contributed by atoms with Crippen molar-refractivity contribution >= 4 is 29.9 Å². The third kappa shape index (κ3) is 8.23. The lowest BCUT2D eigenvalue weighted by molar-refractivity contribution is 0.153. The van der Waals surface area contributed by atoms with E-state index in [1.165, 1.54) is 16.7 Å². The molecule has 0 fully saturated rings. The van der Waals surface area contributed by atoms with Crippen molar-refractivity contribution in [3.05, 3.63) is 47.0 Å². The molecule has 0 aliphatic carbocycles. The number of halogens is 1. The summed E-state index contributed by atoms with van der Waals surface area (Å²) in [5.74, 6) is 1.32. The summed E-state index contributed by atoms with van der Waals surface area (Å²) in [6.07, 6.45) is 4.32. The van der Waals surface area contributed by atoms with Crippen molar-refractivity contribution in [1.82, 2.24) is 10.6 Å². The van der Waals surface area contributed by atoms with Crippen molar-refractivity contribution in [3.63, 3.8) is 0 Å². The van der Waals surface area contributed by atoms with Gasteiger partial charge in [-0.1, -0.05) is 48.4 Å². The predicted molar refractivity (Wildman–Crippen MR) is 117 cm³/mol. The molecule has 0 saturated heterocycles. The Balaban J connectivity index is 0.00000312. The van der Waals surface area contributed by atoms with Gasteiger partial charge in [0.15, 0.2) is 5.96 Å². The number of hydrogen-bond donors (Lipinski definition) is 2. The van der Waals surface area contributed by atoms with Crippen molar-refractivity contribution in [2.24, 2.45) is 4.99 Å². The highest BCUT2D eigenvalue weighted by molar-refractivity contribution is 14.0. The number of benzene rings is 1. The third-order valence-electron chi connectivity index (χ3n) is 4.27. The van der Waals surface area contributed by atoms with E-state index in [1.807, 2.05) is 0 Å². The molecular weight excluding hydrogens is 425 g/mol. The van der Waals surface area contributed by atoms with Gasteiger partial charge in [-0.05, 0) is 32.3 Å². The molecule has 5 heteroatoms. The van der Waals surface area contributed by atoms with E-state index in [9.17, 15) is 0 Å². The lowest BCUT2D eigenvalue weighted by Gasteiger charge is -2.16. The summed E-state index contributed by atoms with van der Waals surface area (Å²) in [5.41, 5.74) is 4.14. The van der Waals surface area contributed by atoms with Crippen LogP contribution in [0, 0.1) is 6.92 Å². The highest BCUT2D eigenvalue weighted by Crippen LogP contribution is 2.16. The van der Waals surface area contributed by atoms with Crippen LogP contribution in [0.3, 0.4) is 0 Å². The van der Waals surface area contributed by atoms with Gasteiger partial charge < -0.3 is 15.4 Å². The Bertz CT molecular complexity index is 572. The van der Waals surface area contributed by atoms with Gasteiger partial charge in [-0.15, -0.1) is 24.0 Å². The normalized spacial score (nSPS) is 15.8. The zero-order valence-corrected chi connectivity index (χ0v) is 18.0. The Morgan fingerprint density at radius 3 is 2.84 bits per heavy atom. The molecule has 1 heterocycles. The Morgan fingerprint density at radius 1 is 1.32 bits per heavy atom. The van der Waals surface area contributed by atoms with Crippen molar-refractivity contribution in [1.29, 1.82) is 0 Å². The Morgan fingerprint density at radius 2 is 2.16 bits per heavy atom. The first-order chi connectivity index (χ1) is 11.7. The molecule has 0 radical (unpaired) electrons. The van der Waals surface area contributed by atoms with Crippen LogP contribution in [-0.4, -0.2) is 38.8 Å². The smallest absolute Gasteiger partial charge is 0.191 e. The SMILES string of the molecule is CCNC(=NCC(C)c1cccc(C)c1)NCCC1=CCOCC1.I. The second-order valence-corrected chi connectivity index (χ2v) is 6.40. The van der Waals surface area contributed by atoms with Gasteiger partial charge in [-0.25, -0.2) is 0 Å². The van der Waals surface area contributed by atoms with E-state index in [-0.39, 0.29) is 24.0 Å². The maximum atomic E-state index is 5.35. The Labute approximate surface area is 169 Å². The van der Waals surface area contributed by atoms with Gasteiger partial charge in [0.1, 0.15) is 0 Å². The first-order valence-electron chi connectivity index (χ1n) is 9.03. The van der Waals surface area contributed by atoms with Gasteiger partial charge in [-0.3, -0.25) is 4.99 Å². The van der Waals surface area contributed by atoms with Crippen molar-refractivity contribution < 1.29 is 4.74 Å². The van der Waals surface area contributed by atoms with Crippen LogP contribution in [0.4, 0.5) is 0 Å². The molecule has 4 nitrogen and oxygen atoms in total. The van der Waals surface area contributed by atoms with Gasteiger partial charge >= 0.3 is 0 Å². The average molecular weight is 457 g/mol. The van der Waals surface area contributed by atoms with E-state index < -0.39 is 0 Å². The summed E-state index contributed by atoms with van der Waals surface area (Å²) in [6.45, 7) is 10.7. The second kappa shape index (κ2) is 12.3. The number of nitrogens with zero attached hydrogens (tertiary/aromatic N) is 1. The standard InChI is InChI=1S/C20H31N3O.HI/c1-4-21-20(22-11-8-18-9-12-24-13-10-18)23-15-17(3)19-7-5-6-16(2)14-19;/h5-7,9,14,17H,4,8,10-13,15H2,1-3H3,(H2,21,22,23);1H. The molecule has 0 aromatic heterocycles. The van der Waals surface area contributed by atoms with Crippen molar-refractivity contribution in [2.75, 3.05) is 32.8 Å². The van der Waals surface area contributed by atoms with E-state index in [0.717, 1.165) is 51.6 Å². The Kier molecular flexibility index (Phi) is 10.8. The molecule has 1 aromatic rings. The number of nitrogens with one attached hydrogen (secondary N) is 2. The highest BCUT2D eigenvalue weighted by Gasteiger charge is 2.07. The number of guanidine groups is 1. The van der Waals surface area contributed by atoms with E-state index in [4.69, 9.17) is 9.73 Å². The minimum Gasteiger partial charge on any atom is -0.377 e. The monoisotopic (exact) mass is 457 g/mol. The molecule has 0 amide bonds. The first-order valence-corrected chi connectivity index (χ1v) is 9.03. The Hall–Kier alpha value is -1.08. The number of ether oxygens (including phenoxy) is 1. The maximum absolute atomic E-state index is 5.35. The largest absolute Gasteiger partial charge is 0.377 e. The molecular formula is C20H32IN3O. The average Bonchev–Trinajstić information content (AvgIpc) is 2.60. The number of hydrogen-bond acceptors (Lipinski definition) is 2. The maximum Gasteiger partial charge on any atom is 0.191 e. The zero-order chi connectivity index (χ0) is 17.2. The van der Waals surface area contributed by atoms with E-state index in [1.54, 1.807) is 0 Å². The fraction of sp³-hybridized carbons (Fsp3) is 0.550. The van der Waals surface area contributed by atoms with E-state index in [2.05, 4.69) is 61.7 Å². The van der Waals surface area contributed by atoms with Gasteiger partial charge in [0.2, 0.25) is 0 Å². The summed E-state index contributed by atoms with van der Waals surface area (Å²) in [7, 11) is 0.